The van der Waals surface area contributed by atoms with Crippen molar-refractivity contribution in [3.05, 3.63) is 47.5 Å². The third-order valence-electron chi connectivity index (χ3n) is 3.61. The van der Waals surface area contributed by atoms with E-state index in [4.69, 9.17) is 9.47 Å². The fraction of sp³-hybridized carbons (Fsp3) is 0.222. The van der Waals surface area contributed by atoms with Gasteiger partial charge < -0.3 is 14.4 Å². The maximum Gasteiger partial charge on any atom is 0.260 e. The van der Waals surface area contributed by atoms with Crippen LogP contribution in [-0.2, 0) is 4.79 Å². The number of ether oxygens (including phenoxy) is 2. The van der Waals surface area contributed by atoms with E-state index in [1.807, 2.05) is 19.1 Å². The Hall–Kier alpha value is -3.11. The molecule has 24 heavy (non-hydrogen) atoms. The first-order valence-electron chi connectivity index (χ1n) is 7.21. The quantitative estimate of drug-likeness (QED) is 0.625. The van der Waals surface area contributed by atoms with E-state index in [1.165, 1.54) is 18.1 Å². The third-order valence-corrected chi connectivity index (χ3v) is 3.61. The van der Waals surface area contributed by atoms with Crippen LogP contribution in [0.4, 0.5) is 11.4 Å². The Kier molecular flexibility index (Phi) is 5.35. The highest BCUT2D eigenvalue weighted by atomic mass is 16.5. The lowest BCUT2D eigenvalue weighted by Gasteiger charge is -2.21. The second-order valence-corrected chi connectivity index (χ2v) is 5.10. The lowest BCUT2D eigenvalue weighted by atomic mass is 10.1. The molecule has 0 unspecified atom stereocenters. The summed E-state index contributed by atoms with van der Waals surface area (Å²) in [5, 5.41) is 0. The maximum absolute atomic E-state index is 12.9. The van der Waals surface area contributed by atoms with Gasteiger partial charge in [-0.1, -0.05) is 12.1 Å². The molecule has 0 fully saturated rings. The van der Waals surface area contributed by atoms with Crippen molar-refractivity contribution in [3.8, 4) is 11.5 Å². The van der Waals surface area contributed by atoms with E-state index < -0.39 is 0 Å². The summed E-state index contributed by atoms with van der Waals surface area (Å²) in [6.45, 7) is 1.94. The molecule has 2 rings (SSSR count). The Morgan fingerprint density at radius 2 is 1.83 bits per heavy atom. The zero-order valence-electron chi connectivity index (χ0n) is 14.0. The van der Waals surface area contributed by atoms with Gasteiger partial charge in [0.25, 0.3) is 5.91 Å². The van der Waals surface area contributed by atoms with Gasteiger partial charge in [0, 0.05) is 7.05 Å². The minimum Gasteiger partial charge on any atom is -0.495 e. The van der Waals surface area contributed by atoms with Crippen molar-refractivity contribution in [1.29, 1.82) is 0 Å². The number of methoxy groups -OCH3 is 2. The van der Waals surface area contributed by atoms with Gasteiger partial charge in [0.05, 0.1) is 25.5 Å². The van der Waals surface area contributed by atoms with Gasteiger partial charge in [-0.15, -0.1) is 0 Å². The van der Waals surface area contributed by atoms with E-state index in [1.54, 1.807) is 38.4 Å². The van der Waals surface area contributed by atoms with Gasteiger partial charge in [-0.25, -0.2) is 4.79 Å². The minimum absolute atomic E-state index is 0.151. The van der Waals surface area contributed by atoms with Crippen LogP contribution in [0.1, 0.15) is 15.9 Å². The number of hydrogen-bond acceptors (Lipinski definition) is 5. The van der Waals surface area contributed by atoms with Gasteiger partial charge in [-0.2, -0.15) is 4.99 Å². The molecular weight excluding hydrogens is 308 g/mol. The van der Waals surface area contributed by atoms with Crippen molar-refractivity contribution in [2.75, 3.05) is 26.2 Å². The van der Waals surface area contributed by atoms with Crippen LogP contribution in [0.3, 0.4) is 0 Å². The van der Waals surface area contributed by atoms with E-state index >= 15 is 0 Å². The minimum atomic E-state index is -0.343. The van der Waals surface area contributed by atoms with Gasteiger partial charge >= 0.3 is 0 Å². The van der Waals surface area contributed by atoms with Crippen molar-refractivity contribution < 1.29 is 19.1 Å². The fourth-order valence-electron chi connectivity index (χ4n) is 2.37. The average molecular weight is 326 g/mol. The van der Waals surface area contributed by atoms with Gasteiger partial charge in [-0.3, -0.25) is 4.79 Å². The molecule has 2 aromatic rings. The smallest absolute Gasteiger partial charge is 0.260 e. The second kappa shape index (κ2) is 7.44. The number of anilines is 1. The molecule has 0 bridgehead atoms. The molecule has 6 nitrogen and oxygen atoms in total. The number of benzene rings is 2. The van der Waals surface area contributed by atoms with Gasteiger partial charge in [0.15, 0.2) is 0 Å². The highest BCUT2D eigenvalue weighted by Gasteiger charge is 2.22. The molecule has 0 N–H and O–H groups in total. The molecule has 0 aliphatic rings. The summed E-state index contributed by atoms with van der Waals surface area (Å²) in [5.41, 5.74) is 2.02. The second-order valence-electron chi connectivity index (χ2n) is 5.10. The summed E-state index contributed by atoms with van der Waals surface area (Å²) in [6, 6.07) is 10.4. The van der Waals surface area contributed by atoms with Crippen LogP contribution >= 0.6 is 0 Å². The molecule has 0 saturated carbocycles. The van der Waals surface area contributed by atoms with Crippen LogP contribution < -0.4 is 14.4 Å². The van der Waals surface area contributed by atoms with Crippen molar-refractivity contribution in [1.82, 2.24) is 0 Å². The SMILES string of the molecule is COc1cc(C)ccc1N(C)C(=O)c1cccc(OC)c1N=C=O. The van der Waals surface area contributed by atoms with E-state index in [0.29, 0.717) is 17.2 Å². The van der Waals surface area contributed by atoms with E-state index in [-0.39, 0.29) is 17.2 Å². The topological polar surface area (TPSA) is 68.2 Å². The molecule has 124 valence electrons. The molecule has 1 amide bonds. The molecule has 2 aromatic carbocycles. The predicted octanol–water partition coefficient (Wildman–Crippen LogP) is 3.26. The highest BCUT2D eigenvalue weighted by molar-refractivity contribution is 6.10. The highest BCUT2D eigenvalue weighted by Crippen LogP contribution is 2.34. The molecule has 0 radical (unpaired) electrons. The normalized spacial score (nSPS) is 9.83. The Labute approximate surface area is 140 Å². The molecule has 0 aliphatic heterocycles. The number of hydrogen-bond donors (Lipinski definition) is 0. The Balaban J connectivity index is 2.51. The number of rotatable bonds is 5. The number of carbonyl (C=O) groups excluding carboxylic acids is 2. The molecule has 6 heteroatoms. The van der Waals surface area contributed by atoms with Crippen molar-refractivity contribution in [3.63, 3.8) is 0 Å². The first-order valence-corrected chi connectivity index (χ1v) is 7.21. The first kappa shape index (κ1) is 17.2. The monoisotopic (exact) mass is 326 g/mol. The van der Waals surface area contributed by atoms with Gasteiger partial charge in [0.1, 0.15) is 17.2 Å². The summed E-state index contributed by atoms with van der Waals surface area (Å²) in [4.78, 5) is 28.7. The zero-order chi connectivity index (χ0) is 17.7. The number of aryl methyl sites for hydroxylation is 1. The van der Waals surface area contributed by atoms with Gasteiger partial charge in [-0.05, 0) is 36.8 Å². The van der Waals surface area contributed by atoms with Crippen LogP contribution in [0.25, 0.3) is 0 Å². The van der Waals surface area contributed by atoms with Crippen LogP contribution in [0.5, 0.6) is 11.5 Å². The lowest BCUT2D eigenvalue weighted by molar-refractivity contribution is 0.0993. The molecule has 0 saturated heterocycles. The van der Waals surface area contributed by atoms with Gasteiger partial charge in [0.2, 0.25) is 6.08 Å². The van der Waals surface area contributed by atoms with Crippen LogP contribution in [0.2, 0.25) is 0 Å². The van der Waals surface area contributed by atoms with Crippen LogP contribution in [0.15, 0.2) is 41.4 Å². The molecule has 0 heterocycles. The summed E-state index contributed by atoms with van der Waals surface area (Å²) < 4.78 is 10.5. The van der Waals surface area contributed by atoms with Crippen molar-refractivity contribution >= 4 is 23.4 Å². The summed E-state index contributed by atoms with van der Waals surface area (Å²) >= 11 is 0. The van der Waals surface area contributed by atoms with Crippen molar-refractivity contribution in [2.24, 2.45) is 4.99 Å². The summed E-state index contributed by atoms with van der Waals surface area (Å²) in [6.07, 6.45) is 1.46. The number of amides is 1. The largest absolute Gasteiger partial charge is 0.495 e. The van der Waals surface area contributed by atoms with E-state index in [2.05, 4.69) is 4.99 Å². The molecule has 0 aliphatic carbocycles. The zero-order valence-corrected chi connectivity index (χ0v) is 14.0. The Morgan fingerprint density at radius 3 is 2.46 bits per heavy atom. The number of nitrogens with zero attached hydrogens (tertiary/aromatic N) is 2. The summed E-state index contributed by atoms with van der Waals surface area (Å²) in [7, 11) is 4.62. The maximum atomic E-state index is 12.9. The molecular formula is C18H18N2O4. The van der Waals surface area contributed by atoms with E-state index in [9.17, 15) is 9.59 Å². The lowest BCUT2D eigenvalue weighted by Crippen LogP contribution is -2.26. The molecule has 0 spiro atoms. The number of isocyanates is 1. The first-order chi connectivity index (χ1) is 11.5. The Morgan fingerprint density at radius 1 is 1.12 bits per heavy atom. The molecule has 0 aromatic heterocycles. The van der Waals surface area contributed by atoms with Crippen LogP contribution in [0, 0.1) is 6.92 Å². The third kappa shape index (κ3) is 3.29. The van der Waals surface area contributed by atoms with Crippen molar-refractivity contribution in [2.45, 2.75) is 6.92 Å². The Bertz CT molecular complexity index is 811. The van der Waals surface area contributed by atoms with E-state index in [0.717, 1.165) is 5.56 Å². The summed E-state index contributed by atoms with van der Waals surface area (Å²) in [5.74, 6) is 0.563. The average Bonchev–Trinajstić information content (AvgIpc) is 2.60. The standard InChI is InChI=1S/C18H18N2O4/c1-12-8-9-14(16(10-12)24-4)20(2)18(22)13-6-5-7-15(23-3)17(13)19-11-21/h5-10H,1-4H3. The fourth-order valence-corrected chi connectivity index (χ4v) is 2.37. The number of carbonyl (C=O) groups is 1. The molecule has 0 atom stereocenters. The number of aliphatic imine (C=N–C) groups is 1. The predicted molar refractivity (Wildman–Crippen MR) is 91.2 cm³/mol. The van der Waals surface area contributed by atoms with Crippen LogP contribution in [-0.4, -0.2) is 33.3 Å². The number of para-hydroxylation sites is 1.